The van der Waals surface area contributed by atoms with Gasteiger partial charge in [-0.15, -0.1) is 11.3 Å². The first kappa shape index (κ1) is 18.4. The normalized spacial score (nSPS) is 12.5. The summed E-state index contributed by atoms with van der Waals surface area (Å²) in [7, 11) is 1.57. The fraction of sp³-hybridized carbons (Fsp3) is 0.222. The molecule has 2 rings (SSSR count). The molecule has 0 aliphatic heterocycles. The Labute approximate surface area is 153 Å². The van der Waals surface area contributed by atoms with E-state index >= 15 is 0 Å². The number of carbonyl (C=O) groups is 1. The van der Waals surface area contributed by atoms with Crippen LogP contribution >= 0.6 is 27.3 Å². The van der Waals surface area contributed by atoms with Crippen LogP contribution in [0.1, 0.15) is 11.8 Å². The molecule has 4 nitrogen and oxygen atoms in total. The van der Waals surface area contributed by atoms with Crippen molar-refractivity contribution in [1.82, 2.24) is 5.32 Å². The molecule has 1 amide bonds. The van der Waals surface area contributed by atoms with Gasteiger partial charge in [0.05, 0.1) is 6.61 Å². The molecule has 1 aromatic heterocycles. The second-order valence-corrected chi connectivity index (χ2v) is 7.15. The van der Waals surface area contributed by atoms with E-state index in [-0.39, 0.29) is 11.6 Å². The van der Waals surface area contributed by atoms with Gasteiger partial charge in [-0.1, -0.05) is 34.1 Å². The third-order valence-corrected chi connectivity index (χ3v) is 4.97. The lowest BCUT2D eigenvalue weighted by Gasteiger charge is -2.11. The van der Waals surface area contributed by atoms with Gasteiger partial charge in [0.25, 0.3) is 5.91 Å². The van der Waals surface area contributed by atoms with Gasteiger partial charge in [0.2, 0.25) is 0 Å². The minimum atomic E-state index is -0.391. The summed E-state index contributed by atoms with van der Waals surface area (Å²) in [5.41, 5.74) is 1.16. The average Bonchev–Trinajstić information content (AvgIpc) is 3.01. The zero-order valence-electron chi connectivity index (χ0n) is 13.4. The highest BCUT2D eigenvalue weighted by Crippen LogP contribution is 2.34. The van der Waals surface area contributed by atoms with E-state index in [1.54, 1.807) is 13.2 Å². The molecule has 1 N–H and O–H groups in total. The molecule has 0 bridgehead atoms. The number of methoxy groups -OCH3 is 1. The summed E-state index contributed by atoms with van der Waals surface area (Å²) >= 11 is 5.06. The van der Waals surface area contributed by atoms with E-state index in [9.17, 15) is 10.1 Å². The van der Waals surface area contributed by atoms with Crippen molar-refractivity contribution in [2.45, 2.75) is 13.0 Å². The molecule has 1 heterocycles. The van der Waals surface area contributed by atoms with Crippen LogP contribution in [0.5, 0.6) is 0 Å². The Bertz CT molecular complexity index is 792. The van der Waals surface area contributed by atoms with Gasteiger partial charge in [-0.3, -0.25) is 4.79 Å². The smallest absolute Gasteiger partial charge is 0.262 e. The molecule has 6 heteroatoms. The molecule has 0 saturated carbocycles. The number of rotatable bonds is 6. The maximum Gasteiger partial charge on any atom is 0.262 e. The molecular formula is C18H17BrN2O2S. The molecule has 24 heavy (non-hydrogen) atoms. The summed E-state index contributed by atoms with van der Waals surface area (Å²) in [5, 5.41) is 12.0. The van der Waals surface area contributed by atoms with Crippen LogP contribution in [0.25, 0.3) is 16.5 Å². The van der Waals surface area contributed by atoms with Crippen LogP contribution in [-0.2, 0) is 9.53 Å². The molecule has 0 spiro atoms. The van der Waals surface area contributed by atoms with Gasteiger partial charge >= 0.3 is 0 Å². The Morgan fingerprint density at radius 3 is 2.83 bits per heavy atom. The van der Waals surface area contributed by atoms with Crippen LogP contribution < -0.4 is 5.32 Å². The van der Waals surface area contributed by atoms with Crippen molar-refractivity contribution in [3.63, 3.8) is 0 Å². The number of amides is 1. The summed E-state index contributed by atoms with van der Waals surface area (Å²) in [6.45, 7) is 2.22. The van der Waals surface area contributed by atoms with E-state index in [0.717, 1.165) is 19.8 Å². The zero-order valence-corrected chi connectivity index (χ0v) is 15.8. The van der Waals surface area contributed by atoms with Crippen molar-refractivity contribution < 1.29 is 9.53 Å². The number of hydrogen-bond acceptors (Lipinski definition) is 4. The Hall–Kier alpha value is -1.94. The number of hydrogen-bond donors (Lipinski definition) is 1. The van der Waals surface area contributed by atoms with Crippen molar-refractivity contribution in [3.8, 4) is 16.5 Å². The number of thiophene rings is 1. The van der Waals surface area contributed by atoms with E-state index in [4.69, 9.17) is 4.74 Å². The van der Waals surface area contributed by atoms with Crippen molar-refractivity contribution >= 4 is 39.2 Å². The fourth-order valence-electron chi connectivity index (χ4n) is 2.12. The van der Waals surface area contributed by atoms with Gasteiger partial charge in [-0.05, 0) is 31.2 Å². The van der Waals surface area contributed by atoms with Gasteiger partial charge in [0.15, 0.2) is 0 Å². The second kappa shape index (κ2) is 8.78. The van der Waals surface area contributed by atoms with Crippen LogP contribution in [0.4, 0.5) is 0 Å². The highest BCUT2D eigenvalue weighted by atomic mass is 79.9. The van der Waals surface area contributed by atoms with Crippen molar-refractivity contribution in [3.05, 3.63) is 51.3 Å². The lowest BCUT2D eigenvalue weighted by Crippen LogP contribution is -2.36. The molecule has 0 aliphatic rings. The Balaban J connectivity index is 2.19. The number of halogens is 1. The molecule has 0 saturated heterocycles. The van der Waals surface area contributed by atoms with Crippen LogP contribution in [-0.4, -0.2) is 25.7 Å². The quantitative estimate of drug-likeness (QED) is 0.578. The molecule has 1 aromatic carbocycles. The molecule has 1 unspecified atom stereocenters. The van der Waals surface area contributed by atoms with Gasteiger partial charge in [-0.2, -0.15) is 5.26 Å². The summed E-state index contributed by atoms with van der Waals surface area (Å²) in [6, 6.07) is 13.6. The first-order valence-corrected chi connectivity index (χ1v) is 8.92. The van der Waals surface area contributed by atoms with Crippen molar-refractivity contribution in [1.29, 1.82) is 5.26 Å². The van der Waals surface area contributed by atoms with E-state index < -0.39 is 5.91 Å². The molecule has 124 valence electrons. The number of nitriles is 1. The minimum absolute atomic E-state index is 0.0819. The molecule has 0 aliphatic carbocycles. The monoisotopic (exact) mass is 404 g/mol. The predicted octanol–water partition coefficient (Wildman–Crippen LogP) is 4.24. The average molecular weight is 405 g/mol. The highest BCUT2D eigenvalue weighted by Gasteiger charge is 2.13. The predicted molar refractivity (Wildman–Crippen MR) is 101 cm³/mol. The summed E-state index contributed by atoms with van der Waals surface area (Å²) in [4.78, 5) is 14.1. The van der Waals surface area contributed by atoms with Crippen LogP contribution in [0.3, 0.4) is 0 Å². The second-order valence-electron chi connectivity index (χ2n) is 5.18. The number of benzene rings is 1. The van der Waals surface area contributed by atoms with Crippen molar-refractivity contribution in [2.75, 3.05) is 13.7 Å². The van der Waals surface area contributed by atoms with E-state index in [2.05, 4.69) is 21.2 Å². The van der Waals surface area contributed by atoms with Crippen LogP contribution in [0, 0.1) is 11.3 Å². The maximum absolute atomic E-state index is 12.1. The zero-order chi connectivity index (χ0) is 17.5. The van der Waals surface area contributed by atoms with Crippen molar-refractivity contribution in [2.24, 2.45) is 0 Å². The number of nitrogens with one attached hydrogen (secondary N) is 1. The number of carbonyl (C=O) groups excluding carboxylic acids is 1. The molecule has 0 radical (unpaired) electrons. The standard InChI is InChI=1S/C18H17BrN2O2S/c1-12(11-23-2)21-18(22)13(10-20)9-14-7-8-17(24-14)15-5-3-4-6-16(15)19/h3-9,12H,11H2,1-2H3,(H,21,22). The Morgan fingerprint density at radius 1 is 1.42 bits per heavy atom. The molecule has 0 fully saturated rings. The number of nitrogens with zero attached hydrogens (tertiary/aromatic N) is 1. The lowest BCUT2D eigenvalue weighted by molar-refractivity contribution is -0.117. The van der Waals surface area contributed by atoms with Gasteiger partial charge in [0, 0.05) is 32.9 Å². The van der Waals surface area contributed by atoms with E-state index in [1.807, 2.05) is 49.4 Å². The summed E-state index contributed by atoms with van der Waals surface area (Å²) < 4.78 is 5.99. The van der Waals surface area contributed by atoms with Gasteiger partial charge in [-0.25, -0.2) is 0 Å². The third kappa shape index (κ3) is 4.78. The number of ether oxygens (including phenoxy) is 1. The molecule has 1 atom stereocenters. The van der Waals surface area contributed by atoms with E-state index in [1.165, 1.54) is 11.3 Å². The molecular weight excluding hydrogens is 388 g/mol. The molecule has 2 aromatic rings. The third-order valence-electron chi connectivity index (χ3n) is 3.21. The maximum atomic E-state index is 12.1. The van der Waals surface area contributed by atoms with Gasteiger partial charge < -0.3 is 10.1 Å². The summed E-state index contributed by atoms with van der Waals surface area (Å²) in [5.74, 6) is -0.391. The largest absolute Gasteiger partial charge is 0.383 e. The van der Waals surface area contributed by atoms with Crippen LogP contribution in [0.15, 0.2) is 46.4 Å². The van der Waals surface area contributed by atoms with Crippen LogP contribution in [0.2, 0.25) is 0 Å². The minimum Gasteiger partial charge on any atom is -0.383 e. The highest BCUT2D eigenvalue weighted by molar-refractivity contribution is 9.10. The van der Waals surface area contributed by atoms with Gasteiger partial charge in [0.1, 0.15) is 11.6 Å². The first-order chi connectivity index (χ1) is 11.5. The van der Waals surface area contributed by atoms with E-state index in [0.29, 0.717) is 6.61 Å². The lowest BCUT2D eigenvalue weighted by atomic mass is 10.2. The SMILES string of the molecule is COCC(C)NC(=O)C(C#N)=Cc1ccc(-c2ccccc2Br)s1. The fourth-order valence-corrected chi connectivity index (χ4v) is 3.74. The first-order valence-electron chi connectivity index (χ1n) is 7.31. The topological polar surface area (TPSA) is 62.1 Å². The Morgan fingerprint density at radius 2 is 2.17 bits per heavy atom. The Kier molecular flexibility index (Phi) is 6.73. The summed E-state index contributed by atoms with van der Waals surface area (Å²) in [6.07, 6.45) is 1.61.